The van der Waals surface area contributed by atoms with Crippen LogP contribution in [-0.4, -0.2) is 12.5 Å². The van der Waals surface area contributed by atoms with E-state index in [1.807, 2.05) is 29.2 Å². The van der Waals surface area contributed by atoms with Crippen LogP contribution in [0.4, 0.5) is 5.69 Å². The number of furan rings is 1. The van der Waals surface area contributed by atoms with Gasteiger partial charge in [0.25, 0.3) is 5.91 Å². The van der Waals surface area contributed by atoms with Gasteiger partial charge in [0.1, 0.15) is 0 Å². The standard InChI is InChI=1S/C14H12INO2/c15-13-8-7-12(18-13)14(17)16-9-3-5-10-4-1-2-6-11(10)16/h1-2,4,6-8H,3,5,9H2. The number of para-hydroxylation sites is 1. The molecule has 0 saturated heterocycles. The first kappa shape index (κ1) is 11.8. The van der Waals surface area contributed by atoms with Crippen molar-refractivity contribution in [3.8, 4) is 0 Å². The van der Waals surface area contributed by atoms with Crippen molar-refractivity contribution in [2.75, 3.05) is 11.4 Å². The van der Waals surface area contributed by atoms with Crippen molar-refractivity contribution >= 4 is 34.2 Å². The lowest BCUT2D eigenvalue weighted by Crippen LogP contribution is -2.35. The van der Waals surface area contributed by atoms with Crippen LogP contribution in [0.1, 0.15) is 22.5 Å². The highest BCUT2D eigenvalue weighted by molar-refractivity contribution is 14.1. The average molecular weight is 353 g/mol. The second-order valence-corrected chi connectivity index (χ2v) is 5.36. The monoisotopic (exact) mass is 353 g/mol. The van der Waals surface area contributed by atoms with E-state index < -0.39 is 0 Å². The summed E-state index contributed by atoms with van der Waals surface area (Å²) in [5.74, 6) is 0.362. The van der Waals surface area contributed by atoms with Crippen LogP contribution in [0.5, 0.6) is 0 Å². The Morgan fingerprint density at radius 2 is 2.06 bits per heavy atom. The van der Waals surface area contributed by atoms with Gasteiger partial charge in [-0.2, -0.15) is 0 Å². The summed E-state index contributed by atoms with van der Waals surface area (Å²) in [5.41, 5.74) is 2.25. The number of benzene rings is 1. The van der Waals surface area contributed by atoms with Crippen molar-refractivity contribution < 1.29 is 9.21 Å². The molecule has 1 amide bonds. The molecule has 3 rings (SSSR count). The molecule has 0 spiro atoms. The van der Waals surface area contributed by atoms with Gasteiger partial charge in [0, 0.05) is 12.2 Å². The Labute approximate surface area is 119 Å². The lowest BCUT2D eigenvalue weighted by Gasteiger charge is -2.28. The molecule has 1 aliphatic heterocycles. The summed E-state index contributed by atoms with van der Waals surface area (Å²) < 4.78 is 6.15. The number of amides is 1. The molecule has 1 aliphatic rings. The summed E-state index contributed by atoms with van der Waals surface area (Å²) in [7, 11) is 0. The Morgan fingerprint density at radius 1 is 1.22 bits per heavy atom. The van der Waals surface area contributed by atoms with E-state index in [-0.39, 0.29) is 5.91 Å². The van der Waals surface area contributed by atoms with E-state index in [0.717, 1.165) is 28.8 Å². The first-order chi connectivity index (χ1) is 8.75. The van der Waals surface area contributed by atoms with Crippen molar-refractivity contribution in [2.24, 2.45) is 0 Å². The van der Waals surface area contributed by atoms with E-state index in [0.29, 0.717) is 5.76 Å². The van der Waals surface area contributed by atoms with Crippen LogP contribution in [0.2, 0.25) is 0 Å². The van der Waals surface area contributed by atoms with Crippen LogP contribution < -0.4 is 4.90 Å². The molecule has 0 radical (unpaired) electrons. The number of aryl methyl sites for hydroxylation is 1. The molecule has 0 atom stereocenters. The molecule has 0 fully saturated rings. The zero-order valence-corrected chi connectivity index (χ0v) is 11.9. The Balaban J connectivity index is 1.96. The lowest BCUT2D eigenvalue weighted by molar-refractivity contribution is 0.0957. The molecule has 3 nitrogen and oxygen atoms in total. The fourth-order valence-corrected chi connectivity index (χ4v) is 2.72. The van der Waals surface area contributed by atoms with Crippen LogP contribution in [0.15, 0.2) is 40.8 Å². The quantitative estimate of drug-likeness (QED) is 0.736. The van der Waals surface area contributed by atoms with Crippen LogP contribution in [0.25, 0.3) is 0 Å². The summed E-state index contributed by atoms with van der Waals surface area (Å²) in [6.07, 6.45) is 2.04. The number of carbonyl (C=O) groups is 1. The third-order valence-electron chi connectivity index (χ3n) is 3.14. The van der Waals surface area contributed by atoms with Gasteiger partial charge in [-0.25, -0.2) is 0 Å². The zero-order chi connectivity index (χ0) is 12.5. The smallest absolute Gasteiger partial charge is 0.294 e. The van der Waals surface area contributed by atoms with Gasteiger partial charge in [0.15, 0.2) is 9.53 Å². The van der Waals surface area contributed by atoms with Crippen molar-refractivity contribution in [2.45, 2.75) is 12.8 Å². The molecule has 0 saturated carbocycles. The molecule has 1 aromatic heterocycles. The van der Waals surface area contributed by atoms with Crippen molar-refractivity contribution in [1.29, 1.82) is 0 Å². The summed E-state index contributed by atoms with van der Waals surface area (Å²) in [5, 5.41) is 0. The largest absolute Gasteiger partial charge is 0.445 e. The predicted octanol–water partition coefficient (Wildman–Crippen LogP) is 3.48. The fourth-order valence-electron chi connectivity index (χ4n) is 2.31. The number of carbonyl (C=O) groups excluding carboxylic acids is 1. The van der Waals surface area contributed by atoms with Crippen LogP contribution in [0, 0.1) is 3.77 Å². The highest BCUT2D eigenvalue weighted by Crippen LogP contribution is 2.28. The van der Waals surface area contributed by atoms with E-state index >= 15 is 0 Å². The van der Waals surface area contributed by atoms with Gasteiger partial charge in [-0.05, 0) is 59.2 Å². The molecule has 0 aliphatic carbocycles. The van der Waals surface area contributed by atoms with E-state index in [1.54, 1.807) is 6.07 Å². The van der Waals surface area contributed by atoms with Gasteiger partial charge in [0.05, 0.1) is 0 Å². The second-order valence-electron chi connectivity index (χ2n) is 4.29. The molecular formula is C14H12INO2. The topological polar surface area (TPSA) is 33.5 Å². The first-order valence-electron chi connectivity index (χ1n) is 5.91. The van der Waals surface area contributed by atoms with Gasteiger partial charge in [-0.1, -0.05) is 18.2 Å². The van der Waals surface area contributed by atoms with Crippen LogP contribution in [-0.2, 0) is 6.42 Å². The molecule has 0 unspecified atom stereocenters. The molecule has 92 valence electrons. The number of anilines is 1. The fraction of sp³-hybridized carbons (Fsp3) is 0.214. The third-order valence-corrected chi connectivity index (χ3v) is 3.72. The lowest BCUT2D eigenvalue weighted by atomic mass is 10.0. The van der Waals surface area contributed by atoms with E-state index in [2.05, 4.69) is 28.7 Å². The SMILES string of the molecule is O=C(c1ccc(I)o1)N1CCCc2ccccc21. The minimum atomic E-state index is -0.0509. The molecule has 0 N–H and O–H groups in total. The zero-order valence-electron chi connectivity index (χ0n) is 9.73. The maximum Gasteiger partial charge on any atom is 0.294 e. The number of hydrogen-bond donors (Lipinski definition) is 0. The molecule has 18 heavy (non-hydrogen) atoms. The summed E-state index contributed by atoms with van der Waals surface area (Å²) in [6.45, 7) is 0.757. The highest BCUT2D eigenvalue weighted by Gasteiger charge is 2.25. The van der Waals surface area contributed by atoms with Crippen LogP contribution in [0.3, 0.4) is 0 Å². The summed E-state index contributed by atoms with van der Waals surface area (Å²) >= 11 is 2.07. The van der Waals surface area contributed by atoms with Crippen molar-refractivity contribution in [1.82, 2.24) is 0 Å². The van der Waals surface area contributed by atoms with E-state index in [9.17, 15) is 4.79 Å². The van der Waals surface area contributed by atoms with E-state index in [4.69, 9.17) is 4.42 Å². The molecule has 4 heteroatoms. The minimum absolute atomic E-state index is 0.0509. The maximum atomic E-state index is 12.4. The van der Waals surface area contributed by atoms with Gasteiger partial charge >= 0.3 is 0 Å². The van der Waals surface area contributed by atoms with Gasteiger partial charge < -0.3 is 9.32 Å². The van der Waals surface area contributed by atoms with Crippen molar-refractivity contribution in [3.63, 3.8) is 0 Å². The number of halogens is 1. The maximum absolute atomic E-state index is 12.4. The summed E-state index contributed by atoms with van der Waals surface area (Å²) in [4.78, 5) is 14.2. The Bertz CT molecular complexity index is 591. The van der Waals surface area contributed by atoms with Crippen molar-refractivity contribution in [3.05, 3.63) is 51.5 Å². The first-order valence-corrected chi connectivity index (χ1v) is 6.99. The Hall–Kier alpha value is -1.30. The second kappa shape index (κ2) is 4.76. The highest BCUT2D eigenvalue weighted by atomic mass is 127. The van der Waals surface area contributed by atoms with E-state index in [1.165, 1.54) is 5.56 Å². The predicted molar refractivity (Wildman–Crippen MR) is 77.9 cm³/mol. The molecule has 0 bridgehead atoms. The number of rotatable bonds is 1. The molecule has 1 aromatic carbocycles. The minimum Gasteiger partial charge on any atom is -0.445 e. The Morgan fingerprint density at radius 3 is 2.83 bits per heavy atom. The third kappa shape index (κ3) is 2.05. The van der Waals surface area contributed by atoms with Gasteiger partial charge in [-0.3, -0.25) is 4.79 Å². The van der Waals surface area contributed by atoms with Gasteiger partial charge in [-0.15, -0.1) is 0 Å². The molecular weight excluding hydrogens is 341 g/mol. The number of nitrogens with zero attached hydrogens (tertiary/aromatic N) is 1. The normalized spacial score (nSPS) is 14.4. The average Bonchev–Trinajstić information content (AvgIpc) is 2.84. The molecule has 2 aromatic rings. The summed E-state index contributed by atoms with van der Waals surface area (Å²) in [6, 6.07) is 11.6. The van der Waals surface area contributed by atoms with Crippen LogP contribution >= 0.6 is 22.6 Å². The van der Waals surface area contributed by atoms with Gasteiger partial charge in [0.2, 0.25) is 0 Å². The number of hydrogen-bond acceptors (Lipinski definition) is 2. The Kier molecular flexibility index (Phi) is 3.11. The number of fused-ring (bicyclic) bond motifs is 1. The molecule has 2 heterocycles.